The minimum Gasteiger partial charge on any atom is -0.481 e. The monoisotopic (exact) mass is 257 g/mol. The molecule has 3 rings (SSSR count). The molecule has 2 unspecified atom stereocenters. The molecule has 1 aromatic heterocycles. The van der Waals surface area contributed by atoms with Crippen molar-refractivity contribution in [1.82, 2.24) is 10.2 Å². The Balaban J connectivity index is 1.81. The average Bonchev–Trinajstić information content (AvgIpc) is 2.88. The largest absolute Gasteiger partial charge is 0.481 e. The smallest absolute Gasteiger partial charge is 0.306 e. The Morgan fingerprint density at radius 3 is 2.95 bits per heavy atom. The lowest BCUT2D eigenvalue weighted by molar-refractivity contribution is -0.141. The second-order valence-corrected chi connectivity index (χ2v) is 4.96. The van der Waals surface area contributed by atoms with Gasteiger partial charge >= 0.3 is 5.97 Å². The standard InChI is InChI=1S/C14H15N3O2/c18-14(19)9-5-6-10(7-9)16-13-8-15-17-12-4-2-1-3-11(12)13/h1-4,8-10H,5-7H2,(H,16,17)(H,18,19). The Bertz CT molecular complexity index is 609. The van der Waals surface area contributed by atoms with Crippen molar-refractivity contribution in [3.63, 3.8) is 0 Å². The van der Waals surface area contributed by atoms with Crippen LogP contribution in [-0.2, 0) is 4.79 Å². The topological polar surface area (TPSA) is 75.1 Å². The van der Waals surface area contributed by atoms with Crippen molar-refractivity contribution in [3.8, 4) is 0 Å². The zero-order valence-corrected chi connectivity index (χ0v) is 10.4. The molecular weight excluding hydrogens is 242 g/mol. The van der Waals surface area contributed by atoms with E-state index in [2.05, 4.69) is 15.5 Å². The van der Waals surface area contributed by atoms with Crippen LogP contribution in [0.25, 0.3) is 10.9 Å². The second kappa shape index (κ2) is 4.84. The number of rotatable bonds is 3. The number of hydrogen-bond acceptors (Lipinski definition) is 4. The van der Waals surface area contributed by atoms with Crippen molar-refractivity contribution < 1.29 is 9.90 Å². The molecule has 1 fully saturated rings. The molecule has 0 saturated heterocycles. The predicted molar refractivity (Wildman–Crippen MR) is 71.9 cm³/mol. The summed E-state index contributed by atoms with van der Waals surface area (Å²) in [4.78, 5) is 11.0. The Hall–Kier alpha value is -2.17. The molecular formula is C14H15N3O2. The Morgan fingerprint density at radius 2 is 2.16 bits per heavy atom. The summed E-state index contributed by atoms with van der Waals surface area (Å²) >= 11 is 0. The molecule has 2 aromatic rings. The molecule has 1 aliphatic carbocycles. The molecule has 5 heteroatoms. The van der Waals surface area contributed by atoms with Gasteiger partial charge in [0.2, 0.25) is 0 Å². The SMILES string of the molecule is O=C(O)C1CCC(Nc2cnnc3ccccc23)C1. The highest BCUT2D eigenvalue weighted by Crippen LogP contribution is 2.30. The van der Waals surface area contributed by atoms with Gasteiger partial charge in [0.1, 0.15) is 0 Å². The number of aromatic nitrogens is 2. The molecule has 1 aliphatic rings. The van der Waals surface area contributed by atoms with Crippen LogP contribution in [0.15, 0.2) is 30.5 Å². The van der Waals surface area contributed by atoms with Gasteiger partial charge in [0.05, 0.1) is 23.3 Å². The maximum Gasteiger partial charge on any atom is 0.306 e. The highest BCUT2D eigenvalue weighted by molar-refractivity contribution is 5.90. The van der Waals surface area contributed by atoms with Crippen LogP contribution >= 0.6 is 0 Å². The normalized spacial score (nSPS) is 22.5. The molecule has 1 heterocycles. The van der Waals surface area contributed by atoms with Crippen molar-refractivity contribution in [2.75, 3.05) is 5.32 Å². The minimum atomic E-state index is -0.693. The molecule has 0 bridgehead atoms. The zero-order chi connectivity index (χ0) is 13.2. The number of carbonyl (C=O) groups is 1. The van der Waals surface area contributed by atoms with E-state index >= 15 is 0 Å². The fourth-order valence-electron chi connectivity index (χ4n) is 2.68. The first-order chi connectivity index (χ1) is 9.24. The highest BCUT2D eigenvalue weighted by Gasteiger charge is 2.29. The minimum absolute atomic E-state index is 0.203. The van der Waals surface area contributed by atoms with Crippen LogP contribution < -0.4 is 5.32 Å². The van der Waals surface area contributed by atoms with Gasteiger partial charge in [-0.2, -0.15) is 10.2 Å². The third-order valence-corrected chi connectivity index (χ3v) is 3.69. The molecule has 1 aromatic carbocycles. The number of nitrogens with one attached hydrogen (secondary N) is 1. The second-order valence-electron chi connectivity index (χ2n) is 4.96. The van der Waals surface area contributed by atoms with Crippen LogP contribution in [0.3, 0.4) is 0 Å². The van der Waals surface area contributed by atoms with Crippen LogP contribution in [-0.4, -0.2) is 27.3 Å². The summed E-state index contributed by atoms with van der Waals surface area (Å²) in [6.07, 6.45) is 4.00. The summed E-state index contributed by atoms with van der Waals surface area (Å²) < 4.78 is 0. The van der Waals surface area contributed by atoms with E-state index in [0.29, 0.717) is 6.42 Å². The van der Waals surface area contributed by atoms with Crippen LogP contribution in [0.1, 0.15) is 19.3 Å². The van der Waals surface area contributed by atoms with Gasteiger partial charge in [-0.3, -0.25) is 4.79 Å². The van der Waals surface area contributed by atoms with E-state index in [1.165, 1.54) is 0 Å². The van der Waals surface area contributed by atoms with E-state index in [-0.39, 0.29) is 12.0 Å². The molecule has 0 aliphatic heterocycles. The lowest BCUT2D eigenvalue weighted by atomic mass is 10.1. The van der Waals surface area contributed by atoms with Crippen molar-refractivity contribution >= 4 is 22.6 Å². The number of carboxylic acids is 1. The first-order valence-electron chi connectivity index (χ1n) is 6.44. The third kappa shape index (κ3) is 2.36. The average molecular weight is 257 g/mol. The fourth-order valence-corrected chi connectivity index (χ4v) is 2.68. The molecule has 1 saturated carbocycles. The van der Waals surface area contributed by atoms with Crippen LogP contribution in [0, 0.1) is 5.92 Å². The Morgan fingerprint density at radius 1 is 1.32 bits per heavy atom. The fraction of sp³-hybridized carbons (Fsp3) is 0.357. The molecule has 19 heavy (non-hydrogen) atoms. The number of aliphatic carboxylic acids is 1. The molecule has 5 nitrogen and oxygen atoms in total. The van der Waals surface area contributed by atoms with Gasteiger partial charge < -0.3 is 10.4 Å². The summed E-state index contributed by atoms with van der Waals surface area (Å²) in [5, 5.41) is 21.5. The van der Waals surface area contributed by atoms with Crippen molar-refractivity contribution in [3.05, 3.63) is 30.5 Å². The number of carboxylic acid groups (broad SMARTS) is 1. The van der Waals surface area contributed by atoms with Crippen molar-refractivity contribution in [2.45, 2.75) is 25.3 Å². The number of fused-ring (bicyclic) bond motifs is 1. The predicted octanol–water partition coefficient (Wildman–Crippen LogP) is 2.29. The Kier molecular flexibility index (Phi) is 3.03. The van der Waals surface area contributed by atoms with E-state index in [1.54, 1.807) is 6.20 Å². The zero-order valence-electron chi connectivity index (χ0n) is 10.4. The van der Waals surface area contributed by atoms with E-state index in [4.69, 9.17) is 5.11 Å². The summed E-state index contributed by atoms with van der Waals surface area (Å²) in [6, 6.07) is 8.01. The van der Waals surface area contributed by atoms with E-state index in [9.17, 15) is 4.79 Å². The van der Waals surface area contributed by atoms with Gasteiger partial charge in [-0.1, -0.05) is 18.2 Å². The maximum atomic E-state index is 11.0. The lowest BCUT2D eigenvalue weighted by Gasteiger charge is -2.15. The van der Waals surface area contributed by atoms with Crippen LogP contribution in [0.2, 0.25) is 0 Å². The van der Waals surface area contributed by atoms with Crippen molar-refractivity contribution in [1.29, 1.82) is 0 Å². The Labute approximate surface area is 110 Å². The number of nitrogens with zero attached hydrogens (tertiary/aromatic N) is 2. The quantitative estimate of drug-likeness (QED) is 0.882. The number of anilines is 1. The number of hydrogen-bond donors (Lipinski definition) is 2. The van der Waals surface area contributed by atoms with Crippen molar-refractivity contribution in [2.24, 2.45) is 5.92 Å². The van der Waals surface area contributed by atoms with Gasteiger partial charge in [0, 0.05) is 11.4 Å². The molecule has 2 N–H and O–H groups in total. The molecule has 2 atom stereocenters. The summed E-state index contributed by atoms with van der Waals surface area (Å²) in [5.74, 6) is -0.916. The van der Waals surface area contributed by atoms with Crippen LogP contribution in [0.5, 0.6) is 0 Å². The maximum absolute atomic E-state index is 11.0. The van der Waals surface area contributed by atoms with E-state index in [1.807, 2.05) is 24.3 Å². The van der Waals surface area contributed by atoms with Gasteiger partial charge in [-0.25, -0.2) is 0 Å². The summed E-state index contributed by atoms with van der Waals surface area (Å²) in [6.45, 7) is 0. The molecule has 0 spiro atoms. The molecule has 98 valence electrons. The van der Waals surface area contributed by atoms with Gasteiger partial charge in [0.15, 0.2) is 0 Å². The van der Waals surface area contributed by atoms with E-state index < -0.39 is 5.97 Å². The molecule has 0 amide bonds. The summed E-state index contributed by atoms with van der Waals surface area (Å²) in [5.41, 5.74) is 1.78. The highest BCUT2D eigenvalue weighted by atomic mass is 16.4. The number of benzene rings is 1. The first kappa shape index (κ1) is 11.9. The van der Waals surface area contributed by atoms with Gasteiger partial charge in [-0.15, -0.1) is 0 Å². The lowest BCUT2D eigenvalue weighted by Crippen LogP contribution is -2.18. The summed E-state index contributed by atoms with van der Waals surface area (Å²) in [7, 11) is 0. The van der Waals surface area contributed by atoms with E-state index in [0.717, 1.165) is 29.4 Å². The van der Waals surface area contributed by atoms with Gasteiger partial charge in [-0.05, 0) is 25.3 Å². The van der Waals surface area contributed by atoms with Gasteiger partial charge in [0.25, 0.3) is 0 Å². The third-order valence-electron chi connectivity index (χ3n) is 3.69. The first-order valence-corrected chi connectivity index (χ1v) is 6.44. The molecule has 0 radical (unpaired) electrons. The van der Waals surface area contributed by atoms with Crippen LogP contribution in [0.4, 0.5) is 5.69 Å².